The van der Waals surface area contributed by atoms with E-state index in [-0.39, 0.29) is 29.3 Å². The maximum Gasteiger partial charge on any atom is 0.279 e. The number of carbonyl (C=O) groups excluding carboxylic acids is 1. The number of ether oxygens (including phenoxy) is 2. The summed E-state index contributed by atoms with van der Waals surface area (Å²) in [5, 5.41) is 13.2. The Bertz CT molecular complexity index is 1090. The molecule has 1 saturated carbocycles. The van der Waals surface area contributed by atoms with Crippen molar-refractivity contribution < 1.29 is 27.8 Å². The normalized spacial score (nSPS) is 20.5. The Labute approximate surface area is 207 Å². The molecule has 0 aromatic heterocycles. The van der Waals surface area contributed by atoms with Gasteiger partial charge in [0.25, 0.3) is 16.1 Å². The van der Waals surface area contributed by atoms with Crippen LogP contribution in [0.1, 0.15) is 41.6 Å². The highest BCUT2D eigenvalue weighted by molar-refractivity contribution is 7.87. The van der Waals surface area contributed by atoms with Crippen LogP contribution in [0, 0.1) is 0 Å². The minimum Gasteiger partial charge on any atom is -0.507 e. The minimum atomic E-state index is -3.62. The number of hydrogen-bond acceptors (Lipinski definition) is 6. The molecule has 3 N–H and O–H groups in total. The van der Waals surface area contributed by atoms with Gasteiger partial charge in [-0.1, -0.05) is 36.4 Å². The summed E-state index contributed by atoms with van der Waals surface area (Å²) >= 11 is 0. The van der Waals surface area contributed by atoms with E-state index in [0.29, 0.717) is 44.6 Å². The molecule has 3 rings (SSSR count). The molecular weight excluding hydrogens is 470 g/mol. The highest BCUT2D eigenvalue weighted by Crippen LogP contribution is 2.39. The van der Waals surface area contributed by atoms with Gasteiger partial charge in [0.05, 0.1) is 13.7 Å². The average molecular weight is 506 g/mol. The molecule has 10 heteroatoms. The molecule has 1 fully saturated rings. The van der Waals surface area contributed by atoms with E-state index in [9.17, 15) is 18.3 Å². The topological polar surface area (TPSA) is 117 Å². The number of methoxy groups -OCH3 is 2. The first kappa shape index (κ1) is 26.9. The first-order chi connectivity index (χ1) is 16.7. The number of hydrogen-bond donors (Lipinski definition) is 3. The molecule has 1 aliphatic rings. The Balaban J connectivity index is 1.73. The Kier molecular flexibility index (Phi) is 9.12. The second-order valence-corrected chi connectivity index (χ2v) is 10.7. The molecule has 1 aliphatic carbocycles. The van der Waals surface area contributed by atoms with Crippen molar-refractivity contribution in [1.82, 2.24) is 14.3 Å². The lowest BCUT2D eigenvalue weighted by molar-refractivity contribution is 0.0929. The van der Waals surface area contributed by atoms with Gasteiger partial charge < -0.3 is 19.9 Å². The number of nitrogens with one attached hydrogen (secondary N) is 2. The van der Waals surface area contributed by atoms with Gasteiger partial charge in [0.1, 0.15) is 17.1 Å². The standard InChI is InChI=1S/C25H35N3O6S/c1-28(16-17-33-2)35(31,32)27-20-12-14-25(15-13-20,19-8-5-4-6-9-19)18-26-24(30)23-21(29)10-7-11-22(23)34-3/h4-11,20,27,29H,12-18H2,1-3H3,(H,26,30). The molecule has 0 unspecified atom stereocenters. The number of nitrogens with zero attached hydrogens (tertiary/aromatic N) is 1. The van der Waals surface area contributed by atoms with Gasteiger partial charge in [-0.15, -0.1) is 0 Å². The third kappa shape index (κ3) is 6.52. The molecular formula is C25H35N3O6S. The van der Waals surface area contributed by atoms with Crippen LogP contribution in [0.5, 0.6) is 11.5 Å². The summed E-state index contributed by atoms with van der Waals surface area (Å²) in [4.78, 5) is 13.0. The van der Waals surface area contributed by atoms with Gasteiger partial charge in [0.15, 0.2) is 0 Å². The van der Waals surface area contributed by atoms with Crippen LogP contribution in [0.3, 0.4) is 0 Å². The molecule has 0 atom stereocenters. The predicted octanol–water partition coefficient (Wildman–Crippen LogP) is 2.42. The van der Waals surface area contributed by atoms with E-state index >= 15 is 0 Å². The monoisotopic (exact) mass is 505 g/mol. The van der Waals surface area contributed by atoms with E-state index in [2.05, 4.69) is 10.0 Å². The molecule has 0 saturated heterocycles. The van der Waals surface area contributed by atoms with E-state index < -0.39 is 16.1 Å². The van der Waals surface area contributed by atoms with Crippen LogP contribution < -0.4 is 14.8 Å². The lowest BCUT2D eigenvalue weighted by atomic mass is 9.68. The van der Waals surface area contributed by atoms with E-state index in [1.807, 2.05) is 30.3 Å². The summed E-state index contributed by atoms with van der Waals surface area (Å²) in [5.41, 5.74) is 0.820. The third-order valence-electron chi connectivity index (χ3n) is 6.70. The van der Waals surface area contributed by atoms with Crippen LogP contribution in [0.2, 0.25) is 0 Å². The van der Waals surface area contributed by atoms with Crippen LogP contribution in [0.25, 0.3) is 0 Å². The SMILES string of the molecule is COCCN(C)S(=O)(=O)NC1CCC(CNC(=O)c2c(O)cccc2OC)(c2ccccc2)CC1. The van der Waals surface area contributed by atoms with Crippen molar-refractivity contribution >= 4 is 16.1 Å². The molecule has 1 amide bonds. The number of benzene rings is 2. The zero-order valence-corrected chi connectivity index (χ0v) is 21.3. The Morgan fingerprint density at radius 3 is 2.43 bits per heavy atom. The number of aromatic hydroxyl groups is 1. The quantitative estimate of drug-likeness (QED) is 0.432. The molecule has 0 aliphatic heterocycles. The van der Waals surface area contributed by atoms with E-state index in [4.69, 9.17) is 9.47 Å². The van der Waals surface area contributed by atoms with Crippen molar-refractivity contribution in [3.8, 4) is 11.5 Å². The molecule has 0 bridgehead atoms. The zero-order valence-electron chi connectivity index (χ0n) is 20.5. The summed E-state index contributed by atoms with van der Waals surface area (Å²) in [5.74, 6) is -0.267. The van der Waals surface area contributed by atoms with Gasteiger partial charge in [-0.05, 0) is 43.4 Å². The fourth-order valence-electron chi connectivity index (χ4n) is 4.54. The smallest absolute Gasteiger partial charge is 0.279 e. The Morgan fingerprint density at radius 1 is 1.11 bits per heavy atom. The number of amides is 1. The van der Waals surface area contributed by atoms with Crippen LogP contribution in [-0.2, 0) is 20.4 Å². The lowest BCUT2D eigenvalue weighted by Gasteiger charge is -2.41. The summed E-state index contributed by atoms with van der Waals surface area (Å²) in [6, 6.07) is 14.4. The highest BCUT2D eigenvalue weighted by Gasteiger charge is 2.39. The van der Waals surface area contributed by atoms with Crippen molar-refractivity contribution in [2.24, 2.45) is 0 Å². The van der Waals surface area contributed by atoms with Gasteiger partial charge in [-0.3, -0.25) is 4.79 Å². The van der Waals surface area contributed by atoms with Gasteiger partial charge in [0, 0.05) is 38.7 Å². The molecule has 2 aromatic rings. The van der Waals surface area contributed by atoms with Gasteiger partial charge in [-0.2, -0.15) is 17.4 Å². The van der Waals surface area contributed by atoms with Gasteiger partial charge in [0.2, 0.25) is 0 Å². The highest BCUT2D eigenvalue weighted by atomic mass is 32.2. The van der Waals surface area contributed by atoms with Crippen molar-refractivity contribution in [2.45, 2.75) is 37.1 Å². The Hall–Kier alpha value is -2.66. The number of phenolic OH excluding ortho intramolecular Hbond substituents is 1. The fraction of sp³-hybridized carbons (Fsp3) is 0.480. The van der Waals surface area contributed by atoms with Crippen LogP contribution in [0.15, 0.2) is 48.5 Å². The minimum absolute atomic E-state index is 0.0961. The molecule has 0 radical (unpaired) electrons. The van der Waals surface area contributed by atoms with Crippen LogP contribution in [0.4, 0.5) is 0 Å². The van der Waals surface area contributed by atoms with E-state index in [1.165, 1.54) is 31.6 Å². The second-order valence-electron chi connectivity index (χ2n) is 8.89. The molecule has 0 spiro atoms. The van der Waals surface area contributed by atoms with Crippen LogP contribution in [-0.4, -0.2) is 70.7 Å². The zero-order chi connectivity index (χ0) is 25.5. The molecule has 192 valence electrons. The summed E-state index contributed by atoms with van der Waals surface area (Å²) in [7, 11) is 0.897. The van der Waals surface area contributed by atoms with Gasteiger partial charge >= 0.3 is 0 Å². The first-order valence-electron chi connectivity index (χ1n) is 11.6. The largest absolute Gasteiger partial charge is 0.507 e. The second kappa shape index (κ2) is 11.9. The van der Waals surface area contributed by atoms with Crippen molar-refractivity contribution in [3.63, 3.8) is 0 Å². The van der Waals surface area contributed by atoms with E-state index in [0.717, 1.165) is 5.56 Å². The summed E-state index contributed by atoms with van der Waals surface area (Å²) < 4.78 is 39.6. The summed E-state index contributed by atoms with van der Waals surface area (Å²) in [6.45, 7) is 0.940. The van der Waals surface area contributed by atoms with E-state index in [1.54, 1.807) is 12.1 Å². The van der Waals surface area contributed by atoms with Gasteiger partial charge in [-0.25, -0.2) is 0 Å². The molecule has 0 heterocycles. The Morgan fingerprint density at radius 2 is 1.80 bits per heavy atom. The average Bonchev–Trinajstić information content (AvgIpc) is 2.86. The number of likely N-dealkylation sites (N-methyl/N-ethyl adjacent to an activating group) is 1. The number of carbonyl (C=O) groups is 1. The molecule has 35 heavy (non-hydrogen) atoms. The third-order valence-corrected chi connectivity index (χ3v) is 8.34. The van der Waals surface area contributed by atoms with Crippen LogP contribution >= 0.6 is 0 Å². The predicted molar refractivity (Wildman–Crippen MR) is 134 cm³/mol. The molecule has 2 aromatic carbocycles. The van der Waals surface area contributed by atoms with Crippen molar-refractivity contribution in [2.75, 3.05) is 41.0 Å². The molecule has 9 nitrogen and oxygen atoms in total. The maximum absolute atomic E-state index is 13.0. The summed E-state index contributed by atoms with van der Waals surface area (Å²) in [6.07, 6.45) is 2.62. The first-order valence-corrected chi connectivity index (χ1v) is 13.1. The van der Waals surface area contributed by atoms with Crippen molar-refractivity contribution in [3.05, 3.63) is 59.7 Å². The number of rotatable bonds is 11. The van der Waals surface area contributed by atoms with Crippen molar-refractivity contribution in [1.29, 1.82) is 0 Å². The number of phenols is 1. The lowest BCUT2D eigenvalue weighted by Crippen LogP contribution is -2.50. The maximum atomic E-state index is 13.0. The fourth-order valence-corrected chi connectivity index (χ4v) is 5.70.